The minimum Gasteiger partial charge on any atom is -0.457 e. The van der Waals surface area contributed by atoms with Gasteiger partial charge in [0, 0.05) is 11.1 Å². The average molecular weight is 316 g/mol. The van der Waals surface area contributed by atoms with Gasteiger partial charge in [0.2, 0.25) is 0 Å². The summed E-state index contributed by atoms with van der Waals surface area (Å²) in [5.74, 6) is 0.769. The predicted molar refractivity (Wildman–Crippen MR) is 79.3 cm³/mol. The van der Waals surface area contributed by atoms with Crippen molar-refractivity contribution in [1.29, 1.82) is 5.26 Å². The number of H-pyrrole nitrogens is 1. The lowest BCUT2D eigenvalue weighted by atomic mass is 10.1. The molecule has 0 saturated carbocycles. The Kier molecular flexibility index (Phi) is 3.49. The van der Waals surface area contributed by atoms with E-state index in [1.54, 1.807) is 12.1 Å². The molecular formula is C17H11F3N2O. The molecule has 0 atom stereocenters. The molecule has 0 amide bonds. The Labute approximate surface area is 129 Å². The van der Waals surface area contributed by atoms with Gasteiger partial charge in [-0.05, 0) is 49.4 Å². The van der Waals surface area contributed by atoms with Crippen molar-refractivity contribution in [2.75, 3.05) is 0 Å². The number of fused-ring (bicyclic) bond motifs is 1. The van der Waals surface area contributed by atoms with E-state index in [-0.39, 0.29) is 0 Å². The number of halogens is 3. The number of hydrogen-bond donors (Lipinski definition) is 1. The Morgan fingerprint density at radius 2 is 1.78 bits per heavy atom. The molecule has 1 heterocycles. The van der Waals surface area contributed by atoms with Crippen LogP contribution in [0.25, 0.3) is 10.9 Å². The first kappa shape index (κ1) is 15.0. The van der Waals surface area contributed by atoms with Crippen LogP contribution < -0.4 is 4.74 Å². The van der Waals surface area contributed by atoms with Crippen LogP contribution in [0.1, 0.15) is 16.8 Å². The fourth-order valence-electron chi connectivity index (χ4n) is 2.35. The maximum absolute atomic E-state index is 12.6. The van der Waals surface area contributed by atoms with E-state index in [4.69, 9.17) is 10.00 Å². The molecular weight excluding hydrogens is 305 g/mol. The highest BCUT2D eigenvalue weighted by Crippen LogP contribution is 2.34. The summed E-state index contributed by atoms with van der Waals surface area (Å²) in [4.78, 5) is 3.08. The molecule has 3 rings (SSSR count). The summed E-state index contributed by atoms with van der Waals surface area (Å²) in [6.45, 7) is 1.85. The molecule has 0 radical (unpaired) electrons. The third-order valence-corrected chi connectivity index (χ3v) is 3.42. The van der Waals surface area contributed by atoms with E-state index in [0.717, 1.165) is 17.8 Å². The van der Waals surface area contributed by atoms with E-state index in [9.17, 15) is 13.2 Å². The molecule has 0 spiro atoms. The number of aromatic nitrogens is 1. The molecule has 1 aromatic heterocycles. The summed E-state index contributed by atoms with van der Waals surface area (Å²) < 4.78 is 43.4. The molecule has 2 aromatic carbocycles. The molecule has 0 aliphatic rings. The topological polar surface area (TPSA) is 48.8 Å². The van der Waals surface area contributed by atoms with Gasteiger partial charge in [0.1, 0.15) is 17.6 Å². The Morgan fingerprint density at radius 3 is 2.39 bits per heavy atom. The van der Waals surface area contributed by atoms with Gasteiger partial charge in [0.25, 0.3) is 0 Å². The van der Waals surface area contributed by atoms with Crippen LogP contribution in [0.5, 0.6) is 11.5 Å². The van der Waals surface area contributed by atoms with Gasteiger partial charge in [-0.25, -0.2) is 0 Å². The molecule has 3 nitrogen and oxygen atoms in total. The standard InChI is InChI=1S/C17H11F3N2O/c1-10-8-14-15(7-2-11(9-21)16(14)22-10)23-13-5-3-12(4-6-13)17(18,19)20/h2-8,22H,1H3. The first-order valence-corrected chi connectivity index (χ1v) is 6.76. The van der Waals surface area contributed by atoms with E-state index in [0.29, 0.717) is 28.0 Å². The number of aromatic amines is 1. The van der Waals surface area contributed by atoms with Crippen LogP contribution in [0.2, 0.25) is 0 Å². The van der Waals surface area contributed by atoms with Gasteiger partial charge in [-0.3, -0.25) is 0 Å². The van der Waals surface area contributed by atoms with E-state index in [1.807, 2.05) is 13.0 Å². The molecule has 0 aliphatic carbocycles. The molecule has 0 bridgehead atoms. The normalized spacial score (nSPS) is 11.4. The maximum Gasteiger partial charge on any atom is 0.416 e. The quantitative estimate of drug-likeness (QED) is 0.710. The minimum atomic E-state index is -4.38. The molecule has 1 N–H and O–H groups in total. The van der Waals surface area contributed by atoms with Crippen molar-refractivity contribution in [1.82, 2.24) is 4.98 Å². The average Bonchev–Trinajstić information content (AvgIpc) is 2.89. The van der Waals surface area contributed by atoms with Gasteiger partial charge in [0.05, 0.1) is 16.6 Å². The molecule has 0 fully saturated rings. The van der Waals surface area contributed by atoms with Gasteiger partial charge in [-0.1, -0.05) is 0 Å². The molecule has 3 aromatic rings. The van der Waals surface area contributed by atoms with E-state index >= 15 is 0 Å². The number of benzene rings is 2. The molecule has 116 valence electrons. The Morgan fingerprint density at radius 1 is 1.09 bits per heavy atom. The third kappa shape index (κ3) is 2.86. The summed E-state index contributed by atoms with van der Waals surface area (Å²) in [5.41, 5.74) is 1.26. The number of aryl methyl sites for hydroxylation is 1. The van der Waals surface area contributed by atoms with Crippen molar-refractivity contribution in [3.63, 3.8) is 0 Å². The molecule has 0 aliphatic heterocycles. The largest absolute Gasteiger partial charge is 0.457 e. The third-order valence-electron chi connectivity index (χ3n) is 3.42. The monoisotopic (exact) mass is 316 g/mol. The van der Waals surface area contributed by atoms with Crippen molar-refractivity contribution in [3.8, 4) is 17.6 Å². The summed E-state index contributed by atoms with van der Waals surface area (Å²) in [6.07, 6.45) is -4.38. The summed E-state index contributed by atoms with van der Waals surface area (Å²) in [6, 6.07) is 11.6. The maximum atomic E-state index is 12.6. The Balaban J connectivity index is 1.98. The lowest BCUT2D eigenvalue weighted by Crippen LogP contribution is -2.04. The van der Waals surface area contributed by atoms with E-state index in [2.05, 4.69) is 11.1 Å². The van der Waals surface area contributed by atoms with E-state index < -0.39 is 11.7 Å². The number of nitrogens with one attached hydrogen (secondary N) is 1. The fourth-order valence-corrected chi connectivity index (χ4v) is 2.35. The van der Waals surface area contributed by atoms with Crippen LogP contribution in [-0.4, -0.2) is 4.98 Å². The number of nitriles is 1. The highest BCUT2D eigenvalue weighted by atomic mass is 19.4. The molecule has 23 heavy (non-hydrogen) atoms. The van der Waals surface area contributed by atoms with Crippen molar-refractivity contribution < 1.29 is 17.9 Å². The molecule has 0 unspecified atom stereocenters. The second kappa shape index (κ2) is 5.36. The van der Waals surface area contributed by atoms with Crippen LogP contribution in [0, 0.1) is 18.3 Å². The smallest absolute Gasteiger partial charge is 0.416 e. The predicted octanol–water partition coefficient (Wildman–Crippen LogP) is 5.16. The van der Waals surface area contributed by atoms with Gasteiger partial charge in [-0.15, -0.1) is 0 Å². The lowest BCUT2D eigenvalue weighted by Gasteiger charge is -2.10. The van der Waals surface area contributed by atoms with Crippen LogP contribution in [0.3, 0.4) is 0 Å². The summed E-state index contributed by atoms with van der Waals surface area (Å²) in [7, 11) is 0. The fraction of sp³-hybridized carbons (Fsp3) is 0.118. The van der Waals surface area contributed by atoms with Crippen molar-refractivity contribution in [2.24, 2.45) is 0 Å². The van der Waals surface area contributed by atoms with Crippen molar-refractivity contribution >= 4 is 10.9 Å². The molecule has 6 heteroatoms. The lowest BCUT2D eigenvalue weighted by molar-refractivity contribution is -0.137. The highest BCUT2D eigenvalue weighted by Gasteiger charge is 2.30. The van der Waals surface area contributed by atoms with Gasteiger partial charge in [-0.2, -0.15) is 18.4 Å². The summed E-state index contributed by atoms with van der Waals surface area (Å²) >= 11 is 0. The second-order valence-electron chi connectivity index (χ2n) is 5.09. The summed E-state index contributed by atoms with van der Waals surface area (Å²) in [5, 5.41) is 9.82. The van der Waals surface area contributed by atoms with Crippen molar-refractivity contribution in [3.05, 3.63) is 59.3 Å². The van der Waals surface area contributed by atoms with Crippen LogP contribution in [0.15, 0.2) is 42.5 Å². The van der Waals surface area contributed by atoms with Crippen LogP contribution >= 0.6 is 0 Å². The number of ether oxygens (including phenoxy) is 1. The Hall–Kier alpha value is -2.94. The van der Waals surface area contributed by atoms with Gasteiger partial charge >= 0.3 is 6.18 Å². The Bertz CT molecular complexity index is 902. The highest BCUT2D eigenvalue weighted by molar-refractivity contribution is 5.91. The number of alkyl halides is 3. The number of hydrogen-bond acceptors (Lipinski definition) is 2. The van der Waals surface area contributed by atoms with Crippen LogP contribution in [0.4, 0.5) is 13.2 Å². The zero-order chi connectivity index (χ0) is 16.6. The first-order chi connectivity index (χ1) is 10.9. The number of rotatable bonds is 2. The van der Waals surface area contributed by atoms with Gasteiger partial charge in [0.15, 0.2) is 0 Å². The second-order valence-corrected chi connectivity index (χ2v) is 5.09. The first-order valence-electron chi connectivity index (χ1n) is 6.76. The zero-order valence-electron chi connectivity index (χ0n) is 12.0. The number of nitrogens with zero attached hydrogens (tertiary/aromatic N) is 1. The van der Waals surface area contributed by atoms with Gasteiger partial charge < -0.3 is 9.72 Å². The van der Waals surface area contributed by atoms with Crippen molar-refractivity contribution in [2.45, 2.75) is 13.1 Å². The zero-order valence-corrected chi connectivity index (χ0v) is 12.0. The van der Waals surface area contributed by atoms with Crippen LogP contribution in [-0.2, 0) is 6.18 Å². The SMILES string of the molecule is Cc1cc2c(Oc3ccc(C(F)(F)F)cc3)ccc(C#N)c2[nH]1. The minimum absolute atomic E-state index is 0.294. The van der Waals surface area contributed by atoms with E-state index in [1.165, 1.54) is 12.1 Å². The molecule has 0 saturated heterocycles.